The van der Waals surface area contributed by atoms with Crippen molar-refractivity contribution >= 4 is 5.78 Å². The number of β-amino-alcohol motifs (C(OH)–C–C–N with tert-alkyl or cyclic N) is 1. The Balaban J connectivity index is 1.58. The number of carbonyl (C=O) groups excluding carboxylic acids is 1. The SMILES string of the molecule is CCCCOc1cc(C(=O)C=CN2CCN(CC(O)c3cccc(OC)c3)CC2)cc(OCCCC)c1O. The fourth-order valence-electron chi connectivity index (χ4n) is 4.16. The second-order valence-electron chi connectivity index (χ2n) is 9.53. The molecule has 1 unspecified atom stereocenters. The van der Waals surface area contributed by atoms with Crippen molar-refractivity contribution in [3.8, 4) is 23.0 Å². The molecule has 8 heteroatoms. The number of phenols is 1. The first-order valence-corrected chi connectivity index (χ1v) is 13.6. The summed E-state index contributed by atoms with van der Waals surface area (Å²) in [6, 6.07) is 10.7. The maximum absolute atomic E-state index is 13.0. The van der Waals surface area contributed by atoms with Crippen molar-refractivity contribution in [3.05, 3.63) is 59.8 Å². The average molecular weight is 527 g/mol. The number of ether oxygens (including phenoxy) is 3. The third kappa shape index (κ3) is 8.67. The first-order valence-electron chi connectivity index (χ1n) is 13.6. The summed E-state index contributed by atoms with van der Waals surface area (Å²) >= 11 is 0. The molecule has 8 nitrogen and oxygen atoms in total. The summed E-state index contributed by atoms with van der Waals surface area (Å²) in [6.45, 7) is 8.66. The largest absolute Gasteiger partial charge is 0.502 e. The van der Waals surface area contributed by atoms with Gasteiger partial charge in [-0.15, -0.1) is 0 Å². The van der Waals surface area contributed by atoms with E-state index >= 15 is 0 Å². The van der Waals surface area contributed by atoms with E-state index in [0.717, 1.165) is 63.2 Å². The normalized spacial score (nSPS) is 15.0. The van der Waals surface area contributed by atoms with E-state index in [4.69, 9.17) is 14.2 Å². The number of rotatable bonds is 15. The first-order chi connectivity index (χ1) is 18.4. The van der Waals surface area contributed by atoms with Gasteiger partial charge in [-0.1, -0.05) is 38.8 Å². The lowest BCUT2D eigenvalue weighted by Gasteiger charge is -2.35. The first kappa shape index (κ1) is 29.3. The number of methoxy groups -OCH3 is 1. The number of piperazine rings is 1. The van der Waals surface area contributed by atoms with Gasteiger partial charge in [0.25, 0.3) is 0 Å². The summed E-state index contributed by atoms with van der Waals surface area (Å²) in [5, 5.41) is 21.3. The quantitative estimate of drug-likeness (QED) is 0.194. The molecule has 1 aliphatic rings. The van der Waals surface area contributed by atoms with Gasteiger partial charge in [0.05, 0.1) is 26.4 Å². The minimum absolute atomic E-state index is 0.0648. The molecule has 1 atom stereocenters. The number of aliphatic hydroxyl groups is 1. The van der Waals surface area contributed by atoms with Gasteiger partial charge in [-0.2, -0.15) is 0 Å². The highest BCUT2D eigenvalue weighted by Gasteiger charge is 2.20. The van der Waals surface area contributed by atoms with Crippen LogP contribution in [0.4, 0.5) is 0 Å². The Hall–Kier alpha value is -3.23. The van der Waals surface area contributed by atoms with Crippen LogP contribution in [0.25, 0.3) is 0 Å². The zero-order valence-electron chi connectivity index (χ0n) is 22.9. The van der Waals surface area contributed by atoms with Crippen LogP contribution in [0, 0.1) is 0 Å². The van der Waals surface area contributed by atoms with Gasteiger partial charge >= 0.3 is 0 Å². The fourth-order valence-corrected chi connectivity index (χ4v) is 4.16. The topological polar surface area (TPSA) is 91.7 Å². The predicted molar refractivity (Wildman–Crippen MR) is 148 cm³/mol. The highest BCUT2D eigenvalue weighted by molar-refractivity contribution is 6.05. The Labute approximate surface area is 226 Å². The Kier molecular flexibility index (Phi) is 11.8. The molecule has 0 spiro atoms. The number of allylic oxidation sites excluding steroid dienone is 1. The molecule has 0 saturated carbocycles. The third-order valence-corrected chi connectivity index (χ3v) is 6.59. The van der Waals surface area contributed by atoms with Crippen LogP contribution in [-0.4, -0.2) is 78.8 Å². The van der Waals surface area contributed by atoms with Gasteiger partial charge in [0.1, 0.15) is 5.75 Å². The number of hydrogen-bond acceptors (Lipinski definition) is 8. The summed E-state index contributed by atoms with van der Waals surface area (Å²) in [7, 11) is 1.62. The van der Waals surface area contributed by atoms with Gasteiger partial charge in [-0.05, 0) is 42.7 Å². The van der Waals surface area contributed by atoms with Crippen LogP contribution >= 0.6 is 0 Å². The Bertz CT molecular complexity index is 1020. The van der Waals surface area contributed by atoms with Gasteiger partial charge in [0, 0.05) is 50.6 Å². The number of benzene rings is 2. The van der Waals surface area contributed by atoms with Crippen LogP contribution in [0.1, 0.15) is 61.6 Å². The second-order valence-corrected chi connectivity index (χ2v) is 9.53. The van der Waals surface area contributed by atoms with Crippen molar-refractivity contribution in [1.82, 2.24) is 9.80 Å². The monoisotopic (exact) mass is 526 g/mol. The summed E-state index contributed by atoms with van der Waals surface area (Å²) in [5.41, 5.74) is 1.25. The summed E-state index contributed by atoms with van der Waals surface area (Å²) in [4.78, 5) is 17.3. The molecule has 1 fully saturated rings. The van der Waals surface area contributed by atoms with Crippen molar-refractivity contribution < 1.29 is 29.2 Å². The number of nitrogens with zero attached hydrogens (tertiary/aromatic N) is 2. The number of aliphatic hydroxyl groups excluding tert-OH is 1. The van der Waals surface area contributed by atoms with Crippen LogP contribution in [0.3, 0.4) is 0 Å². The van der Waals surface area contributed by atoms with E-state index in [2.05, 4.69) is 23.6 Å². The summed E-state index contributed by atoms with van der Waals surface area (Å²) in [5.74, 6) is 1.03. The molecular formula is C30H42N2O6. The zero-order chi connectivity index (χ0) is 27.3. The maximum Gasteiger partial charge on any atom is 0.200 e. The lowest BCUT2D eigenvalue weighted by molar-refractivity contribution is 0.0851. The molecular weight excluding hydrogens is 484 g/mol. The smallest absolute Gasteiger partial charge is 0.200 e. The molecule has 0 radical (unpaired) electrons. The van der Waals surface area contributed by atoms with Crippen LogP contribution < -0.4 is 14.2 Å². The van der Waals surface area contributed by atoms with Crippen molar-refractivity contribution in [2.75, 3.05) is 53.0 Å². The molecule has 0 amide bonds. The number of aromatic hydroxyl groups is 1. The minimum Gasteiger partial charge on any atom is -0.502 e. The van der Waals surface area contributed by atoms with Crippen molar-refractivity contribution in [1.29, 1.82) is 0 Å². The Morgan fingerprint density at radius 1 is 1.00 bits per heavy atom. The molecule has 1 saturated heterocycles. The number of carbonyl (C=O) groups is 1. The van der Waals surface area contributed by atoms with Gasteiger partial charge < -0.3 is 29.3 Å². The van der Waals surface area contributed by atoms with E-state index < -0.39 is 6.10 Å². The average Bonchev–Trinajstić information content (AvgIpc) is 2.94. The molecule has 38 heavy (non-hydrogen) atoms. The minimum atomic E-state index is -0.592. The molecule has 3 rings (SSSR count). The molecule has 2 aromatic carbocycles. The van der Waals surface area contributed by atoms with Crippen LogP contribution in [0.5, 0.6) is 23.0 Å². The van der Waals surface area contributed by atoms with Crippen LogP contribution in [-0.2, 0) is 0 Å². The van der Waals surface area contributed by atoms with E-state index in [0.29, 0.717) is 25.3 Å². The molecule has 208 valence electrons. The van der Waals surface area contributed by atoms with E-state index in [1.54, 1.807) is 25.3 Å². The highest BCUT2D eigenvalue weighted by atomic mass is 16.5. The number of ketones is 1. The standard InChI is InChI=1S/C30H42N2O6/c1-4-6-17-37-28-20-24(21-29(30(28)35)38-18-7-5-2)26(33)11-12-31-13-15-32(16-14-31)22-27(34)23-9-8-10-25(19-23)36-3/h8-12,19-21,27,34-35H,4-7,13-18,22H2,1-3H3. The van der Waals surface area contributed by atoms with E-state index in [9.17, 15) is 15.0 Å². The van der Waals surface area contributed by atoms with Gasteiger partial charge in [-0.3, -0.25) is 9.69 Å². The molecule has 2 aromatic rings. The van der Waals surface area contributed by atoms with E-state index in [-0.39, 0.29) is 23.0 Å². The fraction of sp³-hybridized carbons (Fsp3) is 0.500. The molecule has 1 heterocycles. The Morgan fingerprint density at radius 2 is 1.63 bits per heavy atom. The number of phenolic OH excluding ortho intramolecular Hbond substituents is 1. The Morgan fingerprint density at radius 3 is 2.21 bits per heavy atom. The summed E-state index contributed by atoms with van der Waals surface area (Å²) < 4.78 is 16.8. The van der Waals surface area contributed by atoms with Crippen LogP contribution in [0.15, 0.2) is 48.7 Å². The predicted octanol–water partition coefficient (Wildman–Crippen LogP) is 4.81. The molecule has 0 bridgehead atoms. The zero-order valence-corrected chi connectivity index (χ0v) is 22.9. The van der Waals surface area contributed by atoms with E-state index in [1.807, 2.05) is 30.5 Å². The lowest BCUT2D eigenvalue weighted by atomic mass is 10.1. The molecule has 2 N–H and O–H groups in total. The van der Waals surface area contributed by atoms with Gasteiger partial charge in [0.15, 0.2) is 17.3 Å². The summed E-state index contributed by atoms with van der Waals surface area (Å²) in [6.07, 6.45) is 6.42. The molecule has 1 aliphatic heterocycles. The van der Waals surface area contributed by atoms with Crippen molar-refractivity contribution in [3.63, 3.8) is 0 Å². The van der Waals surface area contributed by atoms with Gasteiger partial charge in [-0.25, -0.2) is 0 Å². The third-order valence-electron chi connectivity index (χ3n) is 6.59. The van der Waals surface area contributed by atoms with E-state index in [1.165, 1.54) is 0 Å². The molecule has 0 aromatic heterocycles. The van der Waals surface area contributed by atoms with Crippen molar-refractivity contribution in [2.45, 2.75) is 45.6 Å². The van der Waals surface area contributed by atoms with Crippen LogP contribution in [0.2, 0.25) is 0 Å². The van der Waals surface area contributed by atoms with Crippen molar-refractivity contribution in [2.24, 2.45) is 0 Å². The molecule has 0 aliphatic carbocycles. The maximum atomic E-state index is 13.0. The number of unbranched alkanes of at least 4 members (excludes halogenated alkanes) is 2. The van der Waals surface area contributed by atoms with Gasteiger partial charge in [0.2, 0.25) is 5.75 Å². The lowest BCUT2D eigenvalue weighted by Crippen LogP contribution is -2.45. The second kappa shape index (κ2) is 15.2. The number of hydrogen-bond donors (Lipinski definition) is 2. The highest BCUT2D eigenvalue weighted by Crippen LogP contribution is 2.38.